The van der Waals surface area contributed by atoms with Crippen molar-refractivity contribution in [3.05, 3.63) is 28.8 Å². The van der Waals surface area contributed by atoms with Gasteiger partial charge < -0.3 is 20.5 Å². The third-order valence-electron chi connectivity index (χ3n) is 7.08. The van der Waals surface area contributed by atoms with Crippen LogP contribution in [-0.2, 0) is 24.7 Å². The van der Waals surface area contributed by atoms with Gasteiger partial charge in [0.25, 0.3) is 5.91 Å². The number of aryl methyl sites for hydroxylation is 1. The molecule has 0 bridgehead atoms. The highest BCUT2D eigenvalue weighted by Gasteiger charge is 2.74. The number of anilines is 1. The summed E-state index contributed by atoms with van der Waals surface area (Å²) in [6.45, 7) is 6.18. The summed E-state index contributed by atoms with van der Waals surface area (Å²) in [6, 6.07) is 3.30. The number of unbranched alkanes of at least 4 members (excludes halogenated alkanes) is 1. The number of hydrogen-bond acceptors (Lipinski definition) is 5. The maximum absolute atomic E-state index is 13.4. The summed E-state index contributed by atoms with van der Waals surface area (Å²) in [5, 5.41) is 15.8. The molecule has 3 aliphatic rings. The first-order chi connectivity index (χ1) is 14.2. The molecule has 3 heterocycles. The number of hydrogen-bond donors (Lipinski definition) is 2. The summed E-state index contributed by atoms with van der Waals surface area (Å²) in [5.41, 5.74) is 2.11. The summed E-state index contributed by atoms with van der Waals surface area (Å²) < 4.78 is 0. The Morgan fingerprint density at radius 3 is 2.63 bits per heavy atom. The second-order valence-electron chi connectivity index (χ2n) is 8.68. The van der Waals surface area contributed by atoms with Crippen molar-refractivity contribution >= 4 is 29.4 Å². The van der Waals surface area contributed by atoms with E-state index in [2.05, 4.69) is 5.32 Å². The molecule has 3 amide bonds. The van der Waals surface area contributed by atoms with E-state index in [1.807, 2.05) is 32.9 Å². The number of carbonyl (C=O) groups excluding carboxylic acids is 4. The summed E-state index contributed by atoms with van der Waals surface area (Å²) >= 11 is 0. The quantitative estimate of drug-likeness (QED) is 0.599. The van der Waals surface area contributed by atoms with Gasteiger partial charge in [0.1, 0.15) is 17.9 Å². The SMILES string of the molecule is CCCCN1C(=O)[C@H]2[C@@H](C1=O)[C@]1([NH2+][C@@H]2CCC(=O)[O-])C(=O)Nc2c1ccc(C)c2C. The van der Waals surface area contributed by atoms with Crippen molar-refractivity contribution in [3.8, 4) is 0 Å². The van der Waals surface area contributed by atoms with Gasteiger partial charge in [0.15, 0.2) is 0 Å². The minimum Gasteiger partial charge on any atom is -0.550 e. The largest absolute Gasteiger partial charge is 0.550 e. The lowest BCUT2D eigenvalue weighted by Gasteiger charge is -2.26. The van der Waals surface area contributed by atoms with E-state index in [9.17, 15) is 24.3 Å². The molecule has 3 N–H and O–H groups in total. The summed E-state index contributed by atoms with van der Waals surface area (Å²) in [5.74, 6) is -3.69. The number of quaternary nitrogens is 1. The Kier molecular flexibility index (Phi) is 4.92. The Bertz CT molecular complexity index is 958. The molecule has 0 saturated carbocycles. The van der Waals surface area contributed by atoms with Gasteiger partial charge >= 0.3 is 0 Å². The van der Waals surface area contributed by atoms with Crippen molar-refractivity contribution in [2.24, 2.45) is 11.8 Å². The van der Waals surface area contributed by atoms with Gasteiger partial charge in [-0.25, -0.2) is 0 Å². The van der Waals surface area contributed by atoms with E-state index in [1.54, 1.807) is 5.32 Å². The van der Waals surface area contributed by atoms with Gasteiger partial charge in [-0.3, -0.25) is 19.3 Å². The minimum absolute atomic E-state index is 0.166. The predicted octanol–water partition coefficient (Wildman–Crippen LogP) is -0.672. The number of likely N-dealkylation sites (tertiary alicyclic amines) is 1. The third-order valence-corrected chi connectivity index (χ3v) is 7.08. The fourth-order valence-electron chi connectivity index (χ4n) is 5.43. The number of carbonyl (C=O) groups is 4. The van der Waals surface area contributed by atoms with Crippen LogP contribution in [0.5, 0.6) is 0 Å². The maximum Gasteiger partial charge on any atom is 0.291 e. The summed E-state index contributed by atoms with van der Waals surface area (Å²) in [7, 11) is 0. The maximum atomic E-state index is 13.4. The van der Waals surface area contributed by atoms with Crippen LogP contribution >= 0.6 is 0 Å². The molecule has 1 aromatic rings. The van der Waals surface area contributed by atoms with Crippen molar-refractivity contribution in [1.82, 2.24) is 4.90 Å². The molecule has 2 fully saturated rings. The van der Waals surface area contributed by atoms with Crippen LogP contribution in [0.25, 0.3) is 0 Å². The van der Waals surface area contributed by atoms with Crippen LogP contribution in [0, 0.1) is 25.7 Å². The van der Waals surface area contributed by atoms with Crippen molar-refractivity contribution in [2.45, 2.75) is 58.0 Å². The molecule has 1 aromatic carbocycles. The van der Waals surface area contributed by atoms with Crippen molar-refractivity contribution in [3.63, 3.8) is 0 Å². The van der Waals surface area contributed by atoms with Gasteiger partial charge in [-0.15, -0.1) is 0 Å². The number of nitrogens with zero attached hydrogens (tertiary/aromatic N) is 1. The molecular weight excluding hydrogens is 386 g/mol. The number of carboxylic acid groups (broad SMARTS) is 1. The van der Waals surface area contributed by atoms with Crippen LogP contribution in [0.3, 0.4) is 0 Å². The molecule has 3 aliphatic heterocycles. The third kappa shape index (κ3) is 2.70. The van der Waals surface area contributed by atoms with Crippen molar-refractivity contribution in [1.29, 1.82) is 0 Å². The van der Waals surface area contributed by atoms with Crippen LogP contribution in [0.15, 0.2) is 12.1 Å². The molecule has 2 saturated heterocycles. The number of carboxylic acids is 1. The van der Waals surface area contributed by atoms with Crippen LogP contribution in [0.1, 0.15) is 49.3 Å². The first kappa shape index (κ1) is 20.5. The molecule has 8 heteroatoms. The van der Waals surface area contributed by atoms with E-state index in [0.717, 1.165) is 17.5 Å². The number of amides is 3. The molecule has 160 valence electrons. The summed E-state index contributed by atoms with van der Waals surface area (Å²) in [4.78, 5) is 52.4. The monoisotopic (exact) mass is 413 g/mol. The van der Waals surface area contributed by atoms with Gasteiger partial charge in [-0.1, -0.05) is 19.4 Å². The smallest absolute Gasteiger partial charge is 0.291 e. The fraction of sp³-hybridized carbons (Fsp3) is 0.545. The molecule has 1 spiro atoms. The highest BCUT2D eigenvalue weighted by molar-refractivity contribution is 6.14. The Labute approximate surface area is 175 Å². The van der Waals surface area contributed by atoms with Crippen molar-refractivity contribution < 1.29 is 29.6 Å². The molecular formula is C22H27N3O5. The number of rotatable bonds is 6. The molecule has 0 aliphatic carbocycles. The van der Waals surface area contributed by atoms with E-state index >= 15 is 0 Å². The second-order valence-corrected chi connectivity index (χ2v) is 8.68. The van der Waals surface area contributed by atoms with Crippen molar-refractivity contribution in [2.75, 3.05) is 11.9 Å². The Hall–Kier alpha value is -2.74. The lowest BCUT2D eigenvalue weighted by molar-refractivity contribution is -0.734. The van der Waals surface area contributed by atoms with Crippen LogP contribution < -0.4 is 15.7 Å². The van der Waals surface area contributed by atoms with Crippen LogP contribution in [0.2, 0.25) is 0 Å². The van der Waals surface area contributed by atoms with Gasteiger partial charge in [0.2, 0.25) is 17.4 Å². The standard InChI is InChI=1S/C22H27N3O5/c1-4-5-10-25-19(28)16-14(8-9-15(26)27)24-22(17(16)20(25)29)13-7-6-11(2)12(3)18(13)23-21(22)30/h6-7,14,16-17,24H,4-5,8-10H2,1-3H3,(H,23,30)(H,26,27)/t14-,16-,17+,22+/m1/s1. The van der Waals surface area contributed by atoms with E-state index in [4.69, 9.17) is 0 Å². The number of fused-ring (bicyclic) bond motifs is 4. The first-order valence-electron chi connectivity index (χ1n) is 10.6. The average molecular weight is 413 g/mol. The highest BCUT2D eigenvalue weighted by atomic mass is 16.4. The highest BCUT2D eigenvalue weighted by Crippen LogP contribution is 2.50. The molecule has 0 unspecified atom stereocenters. The van der Waals surface area contributed by atoms with E-state index in [1.165, 1.54) is 4.90 Å². The van der Waals surface area contributed by atoms with Gasteiger partial charge in [-0.2, -0.15) is 0 Å². The number of nitrogens with one attached hydrogen (secondary N) is 1. The topological polar surface area (TPSA) is 123 Å². The van der Waals surface area contributed by atoms with Crippen LogP contribution in [-0.4, -0.2) is 41.2 Å². The molecule has 8 nitrogen and oxygen atoms in total. The molecule has 4 atom stereocenters. The van der Waals surface area contributed by atoms with Crippen LogP contribution in [0.4, 0.5) is 5.69 Å². The molecule has 30 heavy (non-hydrogen) atoms. The molecule has 4 rings (SSSR count). The van der Waals surface area contributed by atoms with Gasteiger partial charge in [0.05, 0.1) is 5.69 Å². The van der Waals surface area contributed by atoms with E-state index in [0.29, 0.717) is 24.2 Å². The number of imide groups is 1. The predicted molar refractivity (Wildman–Crippen MR) is 105 cm³/mol. The number of nitrogens with two attached hydrogens (primary N) is 1. The molecule has 0 aromatic heterocycles. The molecule has 0 radical (unpaired) electrons. The lowest BCUT2D eigenvalue weighted by atomic mass is 9.76. The van der Waals surface area contributed by atoms with E-state index < -0.39 is 29.4 Å². The number of benzene rings is 1. The first-order valence-corrected chi connectivity index (χ1v) is 10.6. The second kappa shape index (κ2) is 7.19. The summed E-state index contributed by atoms with van der Waals surface area (Å²) in [6.07, 6.45) is 1.47. The lowest BCUT2D eigenvalue weighted by Crippen LogP contribution is -2.99. The Morgan fingerprint density at radius 1 is 1.23 bits per heavy atom. The van der Waals surface area contributed by atoms with Gasteiger partial charge in [0, 0.05) is 24.5 Å². The zero-order valence-corrected chi connectivity index (χ0v) is 17.5. The minimum atomic E-state index is -1.25. The zero-order valence-electron chi connectivity index (χ0n) is 17.5. The fourth-order valence-corrected chi connectivity index (χ4v) is 5.43. The van der Waals surface area contributed by atoms with E-state index in [-0.39, 0.29) is 30.6 Å². The average Bonchev–Trinajstić information content (AvgIpc) is 3.27. The Balaban J connectivity index is 1.83. The van der Waals surface area contributed by atoms with Gasteiger partial charge in [-0.05, 0) is 43.9 Å². The zero-order chi connectivity index (χ0) is 21.8. The normalized spacial score (nSPS) is 29.5. The Morgan fingerprint density at radius 2 is 1.97 bits per heavy atom. The number of aliphatic carboxylic acids is 1.